The fraction of sp³-hybridized carbons (Fsp3) is 0.900. The van der Waals surface area contributed by atoms with E-state index < -0.39 is 17.5 Å². The van der Waals surface area contributed by atoms with Crippen LogP contribution in [0, 0.1) is 5.92 Å². The van der Waals surface area contributed by atoms with Crippen LogP contribution >= 0.6 is 11.8 Å². The Morgan fingerprint density at radius 3 is 2.71 bits per heavy atom. The van der Waals surface area contributed by atoms with Crippen molar-refractivity contribution in [3.05, 3.63) is 0 Å². The van der Waals surface area contributed by atoms with Gasteiger partial charge in [-0.3, -0.25) is 4.79 Å². The lowest BCUT2D eigenvalue weighted by molar-refractivity contribution is -0.151. The van der Waals surface area contributed by atoms with Gasteiger partial charge >= 0.3 is 5.97 Å². The third-order valence-corrected chi connectivity index (χ3v) is 4.19. The van der Waals surface area contributed by atoms with Crippen LogP contribution < -0.4 is 0 Å². The molecule has 14 heavy (non-hydrogen) atoms. The standard InChI is InChI=1S/C10H18O3S/c1-3-4-8(9(11)12)10(13)5-7(2)14-6-10/h7-8,13H,3-6H2,1-2H3,(H,11,12). The molecule has 1 saturated heterocycles. The highest BCUT2D eigenvalue weighted by Crippen LogP contribution is 2.40. The number of hydrogen-bond donors (Lipinski definition) is 2. The molecule has 3 unspecified atom stereocenters. The first-order valence-corrected chi connectivity index (χ1v) is 6.11. The number of hydrogen-bond acceptors (Lipinski definition) is 3. The van der Waals surface area contributed by atoms with Crippen molar-refractivity contribution in [2.75, 3.05) is 5.75 Å². The Morgan fingerprint density at radius 1 is 1.71 bits per heavy atom. The third-order valence-electron chi connectivity index (χ3n) is 2.78. The largest absolute Gasteiger partial charge is 0.481 e. The molecular weight excluding hydrogens is 200 g/mol. The van der Waals surface area contributed by atoms with Crippen molar-refractivity contribution in [1.82, 2.24) is 0 Å². The molecule has 4 heteroatoms. The first-order valence-electron chi connectivity index (χ1n) is 5.06. The van der Waals surface area contributed by atoms with Crippen molar-refractivity contribution in [1.29, 1.82) is 0 Å². The average Bonchev–Trinajstić information content (AvgIpc) is 2.42. The number of aliphatic hydroxyl groups is 1. The van der Waals surface area contributed by atoms with Gasteiger partial charge in [0.2, 0.25) is 0 Å². The first kappa shape index (κ1) is 11.9. The molecule has 0 aromatic heterocycles. The molecule has 0 aliphatic carbocycles. The first-order chi connectivity index (χ1) is 6.49. The van der Waals surface area contributed by atoms with Gasteiger partial charge in [0.1, 0.15) is 0 Å². The van der Waals surface area contributed by atoms with Gasteiger partial charge in [-0.05, 0) is 12.8 Å². The number of carbonyl (C=O) groups is 1. The van der Waals surface area contributed by atoms with Crippen LogP contribution in [0.2, 0.25) is 0 Å². The lowest BCUT2D eigenvalue weighted by Gasteiger charge is -2.28. The third kappa shape index (κ3) is 2.42. The lowest BCUT2D eigenvalue weighted by Crippen LogP contribution is -2.42. The van der Waals surface area contributed by atoms with E-state index in [0.29, 0.717) is 23.8 Å². The minimum atomic E-state index is -0.980. The zero-order valence-corrected chi connectivity index (χ0v) is 9.51. The van der Waals surface area contributed by atoms with E-state index >= 15 is 0 Å². The normalized spacial score (nSPS) is 34.4. The predicted molar refractivity (Wildman–Crippen MR) is 57.5 cm³/mol. The van der Waals surface area contributed by atoms with E-state index in [1.807, 2.05) is 13.8 Å². The zero-order chi connectivity index (χ0) is 10.8. The topological polar surface area (TPSA) is 57.5 Å². The molecule has 1 fully saturated rings. The summed E-state index contributed by atoms with van der Waals surface area (Å²) in [5, 5.41) is 19.6. The molecular formula is C10H18O3S. The molecule has 0 bridgehead atoms. The molecule has 1 rings (SSSR count). The van der Waals surface area contributed by atoms with Crippen LogP contribution in [-0.2, 0) is 4.79 Å². The van der Waals surface area contributed by atoms with Crippen molar-refractivity contribution in [3.63, 3.8) is 0 Å². The van der Waals surface area contributed by atoms with E-state index in [1.165, 1.54) is 0 Å². The summed E-state index contributed by atoms with van der Waals surface area (Å²) in [6.07, 6.45) is 1.98. The molecule has 1 heterocycles. The van der Waals surface area contributed by atoms with E-state index in [0.717, 1.165) is 6.42 Å². The highest BCUT2D eigenvalue weighted by atomic mass is 32.2. The molecule has 0 amide bonds. The van der Waals surface area contributed by atoms with Gasteiger partial charge < -0.3 is 10.2 Å². The summed E-state index contributed by atoms with van der Waals surface area (Å²) in [5.74, 6) is -0.889. The van der Waals surface area contributed by atoms with Gasteiger partial charge in [0.05, 0.1) is 11.5 Å². The van der Waals surface area contributed by atoms with Gasteiger partial charge in [0, 0.05) is 11.0 Å². The minimum absolute atomic E-state index is 0.374. The quantitative estimate of drug-likeness (QED) is 0.754. The van der Waals surface area contributed by atoms with Crippen molar-refractivity contribution in [2.45, 2.75) is 44.0 Å². The van der Waals surface area contributed by atoms with Gasteiger partial charge in [-0.25, -0.2) is 0 Å². The zero-order valence-electron chi connectivity index (χ0n) is 8.69. The van der Waals surface area contributed by atoms with Gasteiger partial charge in [-0.1, -0.05) is 20.3 Å². The van der Waals surface area contributed by atoms with Gasteiger partial charge in [0.25, 0.3) is 0 Å². The molecule has 0 aromatic carbocycles. The molecule has 3 nitrogen and oxygen atoms in total. The number of aliphatic carboxylic acids is 1. The molecule has 82 valence electrons. The summed E-state index contributed by atoms with van der Waals surface area (Å²) in [6.45, 7) is 3.98. The van der Waals surface area contributed by atoms with Crippen LogP contribution in [0.15, 0.2) is 0 Å². The van der Waals surface area contributed by atoms with Crippen molar-refractivity contribution < 1.29 is 15.0 Å². The van der Waals surface area contributed by atoms with E-state index in [1.54, 1.807) is 11.8 Å². The predicted octanol–water partition coefficient (Wildman–Crippen LogP) is 1.74. The molecule has 0 aromatic rings. The molecule has 3 atom stereocenters. The summed E-state index contributed by atoms with van der Waals surface area (Å²) < 4.78 is 0. The number of rotatable bonds is 4. The molecule has 0 saturated carbocycles. The van der Waals surface area contributed by atoms with E-state index in [9.17, 15) is 9.90 Å². The Hall–Kier alpha value is -0.220. The monoisotopic (exact) mass is 218 g/mol. The summed E-state index contributed by atoms with van der Waals surface area (Å²) in [7, 11) is 0. The SMILES string of the molecule is CCCC(C(=O)O)C1(O)CSC(C)C1. The van der Waals surface area contributed by atoms with Crippen LogP contribution in [0.25, 0.3) is 0 Å². The molecule has 0 spiro atoms. The van der Waals surface area contributed by atoms with Crippen LogP contribution in [0.3, 0.4) is 0 Å². The van der Waals surface area contributed by atoms with Gasteiger partial charge in [0.15, 0.2) is 0 Å². The molecule has 1 aliphatic heterocycles. The van der Waals surface area contributed by atoms with Crippen LogP contribution in [0.1, 0.15) is 33.1 Å². The second-order valence-corrected chi connectivity index (χ2v) is 5.54. The van der Waals surface area contributed by atoms with Gasteiger partial charge in [-0.2, -0.15) is 11.8 Å². The van der Waals surface area contributed by atoms with Crippen molar-refractivity contribution in [3.8, 4) is 0 Å². The van der Waals surface area contributed by atoms with Crippen molar-refractivity contribution >= 4 is 17.7 Å². The van der Waals surface area contributed by atoms with E-state index in [-0.39, 0.29) is 0 Å². The highest BCUT2D eigenvalue weighted by molar-refractivity contribution is 8.00. The summed E-state index contributed by atoms with van der Waals surface area (Å²) >= 11 is 1.66. The van der Waals surface area contributed by atoms with Gasteiger partial charge in [-0.15, -0.1) is 0 Å². The Kier molecular flexibility index (Phi) is 3.84. The fourth-order valence-corrected chi connectivity index (χ4v) is 3.35. The van der Waals surface area contributed by atoms with Crippen LogP contribution in [-0.4, -0.2) is 32.8 Å². The van der Waals surface area contributed by atoms with Crippen LogP contribution in [0.4, 0.5) is 0 Å². The Morgan fingerprint density at radius 2 is 2.36 bits per heavy atom. The highest BCUT2D eigenvalue weighted by Gasteiger charge is 2.45. The maximum Gasteiger partial charge on any atom is 0.309 e. The Balaban J connectivity index is 2.71. The number of carboxylic acid groups (broad SMARTS) is 1. The Labute approximate surface area is 88.9 Å². The maximum atomic E-state index is 11.0. The number of thioether (sulfide) groups is 1. The maximum absolute atomic E-state index is 11.0. The Bertz CT molecular complexity index is 219. The number of carboxylic acids is 1. The average molecular weight is 218 g/mol. The lowest BCUT2D eigenvalue weighted by atomic mass is 9.82. The summed E-state index contributed by atoms with van der Waals surface area (Å²) in [6, 6.07) is 0. The van der Waals surface area contributed by atoms with E-state index in [2.05, 4.69) is 0 Å². The second-order valence-electron chi connectivity index (χ2n) is 4.11. The molecule has 2 N–H and O–H groups in total. The summed E-state index contributed by atoms with van der Waals surface area (Å²) in [5.41, 5.74) is -0.980. The molecule has 0 radical (unpaired) electrons. The van der Waals surface area contributed by atoms with E-state index in [4.69, 9.17) is 5.11 Å². The minimum Gasteiger partial charge on any atom is -0.481 e. The fourth-order valence-electron chi connectivity index (χ4n) is 2.06. The van der Waals surface area contributed by atoms with Crippen molar-refractivity contribution in [2.24, 2.45) is 5.92 Å². The van der Waals surface area contributed by atoms with Crippen LogP contribution in [0.5, 0.6) is 0 Å². The molecule has 1 aliphatic rings. The summed E-state index contributed by atoms with van der Waals surface area (Å²) in [4.78, 5) is 11.0. The smallest absolute Gasteiger partial charge is 0.309 e. The second kappa shape index (κ2) is 4.53.